The lowest BCUT2D eigenvalue weighted by molar-refractivity contribution is -0.118. The molecule has 1 unspecified atom stereocenters. The molecule has 1 atom stereocenters. The van der Waals surface area contributed by atoms with Crippen molar-refractivity contribution >= 4 is 22.8 Å². The topological polar surface area (TPSA) is 67.5 Å². The lowest BCUT2D eigenvalue weighted by Gasteiger charge is -2.04. The van der Waals surface area contributed by atoms with Crippen molar-refractivity contribution in [3.8, 4) is 0 Å². The third-order valence-electron chi connectivity index (χ3n) is 1.93. The molecule has 1 amide bonds. The summed E-state index contributed by atoms with van der Waals surface area (Å²) in [4.78, 5) is 14.8. The van der Waals surface area contributed by atoms with E-state index in [2.05, 4.69) is 17.2 Å². The maximum atomic E-state index is 10.4. The Bertz CT molecular complexity index is 230. The Hall–Kier alpha value is -0.710. The molecule has 0 saturated heterocycles. The van der Waals surface area contributed by atoms with E-state index >= 15 is 0 Å². The summed E-state index contributed by atoms with van der Waals surface area (Å²) in [6, 6.07) is 0. The van der Waals surface area contributed by atoms with Gasteiger partial charge in [-0.1, -0.05) is 18.7 Å². The summed E-state index contributed by atoms with van der Waals surface area (Å²) < 4.78 is 0. The number of carbonyl (C=O) groups excluding carboxylic acids is 1. The monoisotopic (exact) mass is 215 g/mol. The first kappa shape index (κ1) is 11.4. The van der Waals surface area contributed by atoms with Gasteiger partial charge in [0.2, 0.25) is 5.91 Å². The zero-order valence-electron chi connectivity index (χ0n) is 8.45. The van der Waals surface area contributed by atoms with E-state index < -0.39 is 0 Å². The highest BCUT2D eigenvalue weighted by atomic mass is 32.2. The maximum Gasteiger partial charge on any atom is 0.217 e. The second-order valence-electron chi connectivity index (χ2n) is 3.42. The predicted molar refractivity (Wildman–Crippen MR) is 60.4 cm³/mol. The lowest BCUT2D eigenvalue weighted by atomic mass is 10.2. The number of primary amides is 1. The van der Waals surface area contributed by atoms with Crippen LogP contribution in [0.3, 0.4) is 0 Å². The van der Waals surface area contributed by atoms with E-state index in [1.165, 1.54) is 0 Å². The highest BCUT2D eigenvalue weighted by Gasteiger charge is 2.13. The van der Waals surface area contributed by atoms with Crippen molar-refractivity contribution in [2.45, 2.75) is 31.4 Å². The van der Waals surface area contributed by atoms with Crippen molar-refractivity contribution in [2.75, 3.05) is 13.1 Å². The molecule has 0 radical (unpaired) electrons. The van der Waals surface area contributed by atoms with Gasteiger partial charge in [-0.15, -0.1) is 0 Å². The van der Waals surface area contributed by atoms with E-state index in [1.54, 1.807) is 11.8 Å². The van der Waals surface area contributed by atoms with Crippen LogP contribution in [-0.2, 0) is 4.79 Å². The Morgan fingerprint density at radius 3 is 3.07 bits per heavy atom. The van der Waals surface area contributed by atoms with Crippen molar-refractivity contribution in [1.29, 1.82) is 0 Å². The van der Waals surface area contributed by atoms with Crippen LogP contribution >= 0.6 is 11.8 Å². The van der Waals surface area contributed by atoms with Crippen LogP contribution < -0.4 is 11.1 Å². The van der Waals surface area contributed by atoms with Gasteiger partial charge in [0.25, 0.3) is 0 Å². The highest BCUT2D eigenvalue weighted by molar-refractivity contribution is 8.14. The highest BCUT2D eigenvalue weighted by Crippen LogP contribution is 2.18. The molecule has 0 bridgehead atoms. The Labute approximate surface area is 88.7 Å². The SMILES string of the molecule is CC1CN=C(NCCCCC(N)=O)S1. The number of rotatable bonds is 5. The second-order valence-corrected chi connectivity index (χ2v) is 4.85. The zero-order chi connectivity index (χ0) is 10.4. The van der Waals surface area contributed by atoms with Gasteiger partial charge in [0.15, 0.2) is 5.17 Å². The van der Waals surface area contributed by atoms with E-state index in [0.717, 1.165) is 31.1 Å². The van der Waals surface area contributed by atoms with Crippen LogP contribution in [0, 0.1) is 0 Å². The van der Waals surface area contributed by atoms with Gasteiger partial charge in [0, 0.05) is 18.2 Å². The molecule has 3 N–H and O–H groups in total. The van der Waals surface area contributed by atoms with E-state index in [0.29, 0.717) is 11.7 Å². The molecule has 0 saturated carbocycles. The molecule has 0 aromatic heterocycles. The normalized spacial score (nSPS) is 20.6. The fraction of sp³-hybridized carbons (Fsp3) is 0.778. The molecule has 0 aliphatic carbocycles. The summed E-state index contributed by atoms with van der Waals surface area (Å²) in [5.74, 6) is -0.216. The third kappa shape index (κ3) is 4.50. The second kappa shape index (κ2) is 5.90. The first-order valence-corrected chi connectivity index (χ1v) is 5.79. The number of thioether (sulfide) groups is 1. The first-order chi connectivity index (χ1) is 6.68. The molecular weight excluding hydrogens is 198 g/mol. The van der Waals surface area contributed by atoms with Gasteiger partial charge in [0.05, 0.1) is 6.54 Å². The summed E-state index contributed by atoms with van der Waals surface area (Å²) in [5, 5.41) is 4.89. The minimum atomic E-state index is -0.216. The van der Waals surface area contributed by atoms with Gasteiger partial charge in [-0.25, -0.2) is 0 Å². The number of nitrogens with zero attached hydrogens (tertiary/aromatic N) is 1. The third-order valence-corrected chi connectivity index (χ3v) is 2.98. The molecule has 0 aromatic carbocycles. The van der Waals surface area contributed by atoms with Crippen LogP contribution in [-0.4, -0.2) is 29.4 Å². The fourth-order valence-corrected chi connectivity index (χ4v) is 2.06. The van der Waals surface area contributed by atoms with Crippen LogP contribution in [0.15, 0.2) is 4.99 Å². The molecule has 80 valence electrons. The predicted octanol–water partition coefficient (Wildman–Crippen LogP) is 0.723. The van der Waals surface area contributed by atoms with Crippen molar-refractivity contribution in [3.05, 3.63) is 0 Å². The van der Waals surface area contributed by atoms with Crippen molar-refractivity contribution in [2.24, 2.45) is 10.7 Å². The van der Waals surface area contributed by atoms with Gasteiger partial charge in [0.1, 0.15) is 0 Å². The van der Waals surface area contributed by atoms with Crippen LogP contribution in [0.4, 0.5) is 0 Å². The van der Waals surface area contributed by atoms with Crippen molar-refractivity contribution in [3.63, 3.8) is 0 Å². The fourth-order valence-electron chi connectivity index (χ4n) is 1.19. The number of hydrogen-bond acceptors (Lipinski definition) is 4. The van der Waals surface area contributed by atoms with Crippen molar-refractivity contribution in [1.82, 2.24) is 5.32 Å². The zero-order valence-corrected chi connectivity index (χ0v) is 9.27. The minimum absolute atomic E-state index is 0.216. The number of amides is 1. The number of unbranched alkanes of at least 4 members (excludes halogenated alkanes) is 1. The molecule has 1 heterocycles. The largest absolute Gasteiger partial charge is 0.370 e. The van der Waals surface area contributed by atoms with Crippen LogP contribution in [0.1, 0.15) is 26.2 Å². The number of amidine groups is 1. The van der Waals surface area contributed by atoms with E-state index in [-0.39, 0.29) is 5.91 Å². The number of nitrogens with two attached hydrogens (primary N) is 1. The molecule has 1 aliphatic rings. The van der Waals surface area contributed by atoms with Gasteiger partial charge in [-0.2, -0.15) is 0 Å². The van der Waals surface area contributed by atoms with E-state index in [1.807, 2.05) is 0 Å². The Morgan fingerprint density at radius 1 is 1.71 bits per heavy atom. The molecule has 0 spiro atoms. The smallest absolute Gasteiger partial charge is 0.217 e. The van der Waals surface area contributed by atoms with Gasteiger partial charge < -0.3 is 11.1 Å². The summed E-state index contributed by atoms with van der Waals surface area (Å²) in [6.07, 6.45) is 2.31. The first-order valence-electron chi connectivity index (χ1n) is 4.92. The molecule has 0 fully saturated rings. The molecule has 5 heteroatoms. The molecule has 14 heavy (non-hydrogen) atoms. The van der Waals surface area contributed by atoms with Crippen LogP contribution in [0.2, 0.25) is 0 Å². The molecule has 1 aliphatic heterocycles. The summed E-state index contributed by atoms with van der Waals surface area (Å²) in [7, 11) is 0. The minimum Gasteiger partial charge on any atom is -0.370 e. The number of nitrogens with one attached hydrogen (secondary N) is 1. The van der Waals surface area contributed by atoms with Gasteiger partial charge in [-0.3, -0.25) is 9.79 Å². The Kier molecular flexibility index (Phi) is 4.79. The summed E-state index contributed by atoms with van der Waals surface area (Å²) in [6.45, 7) is 3.95. The van der Waals surface area contributed by atoms with Crippen LogP contribution in [0.25, 0.3) is 0 Å². The van der Waals surface area contributed by atoms with Crippen molar-refractivity contribution < 1.29 is 4.79 Å². The Morgan fingerprint density at radius 2 is 2.50 bits per heavy atom. The number of hydrogen-bond donors (Lipinski definition) is 2. The standard InChI is InChI=1S/C9H17N3OS/c1-7-6-12-9(14-7)11-5-3-2-4-8(10)13/h7H,2-6H2,1H3,(H2,10,13)(H,11,12). The molecule has 4 nitrogen and oxygen atoms in total. The molecule has 1 rings (SSSR count). The maximum absolute atomic E-state index is 10.4. The number of aliphatic imine (C=N–C) groups is 1. The summed E-state index contributed by atoms with van der Waals surface area (Å²) in [5.41, 5.74) is 5.03. The Balaban J connectivity index is 1.97. The van der Waals surface area contributed by atoms with E-state index in [4.69, 9.17) is 5.73 Å². The molecular formula is C9H17N3OS. The summed E-state index contributed by atoms with van der Waals surface area (Å²) >= 11 is 1.78. The average molecular weight is 215 g/mol. The van der Waals surface area contributed by atoms with Crippen LogP contribution in [0.5, 0.6) is 0 Å². The molecule has 0 aromatic rings. The van der Waals surface area contributed by atoms with Gasteiger partial charge >= 0.3 is 0 Å². The average Bonchev–Trinajstić information content (AvgIpc) is 2.50. The quantitative estimate of drug-likeness (QED) is 0.664. The van der Waals surface area contributed by atoms with E-state index in [9.17, 15) is 4.79 Å². The number of carbonyl (C=O) groups is 1. The lowest BCUT2D eigenvalue weighted by Crippen LogP contribution is -2.21. The van der Waals surface area contributed by atoms with Gasteiger partial charge in [-0.05, 0) is 12.8 Å².